The van der Waals surface area contributed by atoms with E-state index in [-0.39, 0.29) is 24.1 Å². The fraction of sp³-hybridized carbons (Fsp3) is 0.143. The number of nitro groups is 1. The van der Waals surface area contributed by atoms with E-state index in [1.807, 2.05) is 31.2 Å². The molecule has 1 heterocycles. The number of carboxylic acid groups (broad SMARTS) is 1. The molecule has 0 aliphatic rings. The minimum atomic E-state index is -1.18. The van der Waals surface area contributed by atoms with Crippen molar-refractivity contribution in [3.8, 4) is 11.3 Å². The van der Waals surface area contributed by atoms with Gasteiger partial charge in [0.15, 0.2) is 0 Å². The summed E-state index contributed by atoms with van der Waals surface area (Å²) in [4.78, 5) is 33.8. The summed E-state index contributed by atoms with van der Waals surface area (Å²) in [7, 11) is 0. The van der Waals surface area contributed by atoms with E-state index >= 15 is 0 Å². The second-order valence-corrected chi connectivity index (χ2v) is 6.53. The Morgan fingerprint density at radius 3 is 2.24 bits per heavy atom. The van der Waals surface area contributed by atoms with Crippen LogP contribution in [0.1, 0.15) is 28.0 Å². The van der Waals surface area contributed by atoms with E-state index in [1.54, 1.807) is 12.1 Å². The monoisotopic (exact) mass is 392 g/mol. The van der Waals surface area contributed by atoms with Gasteiger partial charge in [-0.05, 0) is 44.0 Å². The Kier molecular flexibility index (Phi) is 5.73. The van der Waals surface area contributed by atoms with Crippen molar-refractivity contribution in [1.29, 1.82) is 0 Å². The number of rotatable bonds is 7. The average molecular weight is 392 g/mol. The Hall–Kier alpha value is -3.94. The van der Waals surface area contributed by atoms with Crippen LogP contribution in [0.2, 0.25) is 0 Å². The summed E-state index contributed by atoms with van der Waals surface area (Å²) in [5.74, 6) is -1.66. The summed E-state index contributed by atoms with van der Waals surface area (Å²) >= 11 is 0. The number of aromatic nitrogens is 1. The van der Waals surface area contributed by atoms with Crippen LogP contribution in [0, 0.1) is 17.0 Å². The first-order chi connectivity index (χ1) is 13.8. The lowest BCUT2D eigenvalue weighted by Crippen LogP contribution is -2.27. The Balaban J connectivity index is 1.93. The summed E-state index contributed by atoms with van der Waals surface area (Å²) in [6, 6.07) is 16.5. The molecule has 0 radical (unpaired) electrons. The molecule has 1 amide bonds. The van der Waals surface area contributed by atoms with Gasteiger partial charge in [-0.15, -0.1) is 0 Å². The Bertz CT molecular complexity index is 1050. The van der Waals surface area contributed by atoms with Gasteiger partial charge >= 0.3 is 0 Å². The molecule has 1 N–H and O–H groups in total. The van der Waals surface area contributed by atoms with Crippen LogP contribution in [0.3, 0.4) is 0 Å². The molecule has 148 valence electrons. The molecule has 0 aliphatic heterocycles. The molecule has 0 atom stereocenters. The molecule has 1 aromatic heterocycles. The molecule has 0 saturated heterocycles. The zero-order valence-electron chi connectivity index (χ0n) is 15.6. The number of hydrogen-bond donors (Lipinski definition) is 1. The Labute approximate surface area is 166 Å². The maximum Gasteiger partial charge on any atom is 0.270 e. The largest absolute Gasteiger partial charge is 0.550 e. The van der Waals surface area contributed by atoms with E-state index in [2.05, 4.69) is 5.43 Å². The fourth-order valence-corrected chi connectivity index (χ4v) is 2.89. The van der Waals surface area contributed by atoms with Gasteiger partial charge in [-0.2, -0.15) is 0 Å². The predicted molar refractivity (Wildman–Crippen MR) is 105 cm³/mol. The normalized spacial score (nSPS) is 10.5. The van der Waals surface area contributed by atoms with Crippen molar-refractivity contribution in [2.24, 2.45) is 0 Å². The third-order valence-electron chi connectivity index (χ3n) is 4.45. The molecule has 29 heavy (non-hydrogen) atoms. The first kappa shape index (κ1) is 19.8. The van der Waals surface area contributed by atoms with Gasteiger partial charge in [-0.25, -0.2) is 0 Å². The van der Waals surface area contributed by atoms with Crippen molar-refractivity contribution in [1.82, 2.24) is 4.68 Å². The molecule has 8 heteroatoms. The molecule has 0 saturated carbocycles. The molecule has 2 aromatic carbocycles. The number of carbonyl (C=O) groups is 2. The Morgan fingerprint density at radius 1 is 1.00 bits per heavy atom. The maximum atomic E-state index is 12.7. The van der Waals surface area contributed by atoms with Gasteiger partial charge in [-0.3, -0.25) is 25.0 Å². The number of nitro benzene ring substituents is 1. The molecule has 0 spiro atoms. The highest BCUT2D eigenvalue weighted by Crippen LogP contribution is 2.23. The third kappa shape index (κ3) is 4.67. The highest BCUT2D eigenvalue weighted by atomic mass is 16.6. The number of carboxylic acids is 1. The van der Waals surface area contributed by atoms with Crippen LogP contribution in [0.25, 0.3) is 11.3 Å². The zero-order valence-corrected chi connectivity index (χ0v) is 15.6. The fourth-order valence-electron chi connectivity index (χ4n) is 2.89. The Morgan fingerprint density at radius 2 is 1.66 bits per heavy atom. The van der Waals surface area contributed by atoms with Crippen LogP contribution in [-0.2, 0) is 11.2 Å². The maximum absolute atomic E-state index is 12.7. The highest BCUT2D eigenvalue weighted by Gasteiger charge is 2.15. The SMILES string of the molecule is Cc1ccc(-c2ccc(CCC(=O)[O-])n2NC(=O)c2ccc([N+](=O)[O-])cc2)cc1. The first-order valence-corrected chi connectivity index (χ1v) is 8.88. The number of non-ortho nitro benzene ring substituents is 1. The van der Waals surface area contributed by atoms with E-state index < -0.39 is 16.8 Å². The van der Waals surface area contributed by atoms with Gasteiger partial charge in [0.25, 0.3) is 11.6 Å². The molecule has 3 aromatic rings. The number of amides is 1. The van der Waals surface area contributed by atoms with Crippen LogP contribution < -0.4 is 10.5 Å². The summed E-state index contributed by atoms with van der Waals surface area (Å²) in [5.41, 5.74) is 6.10. The molecule has 8 nitrogen and oxygen atoms in total. The second-order valence-electron chi connectivity index (χ2n) is 6.53. The number of aliphatic carboxylic acids is 1. The van der Waals surface area contributed by atoms with Crippen molar-refractivity contribution in [2.75, 3.05) is 5.43 Å². The lowest BCUT2D eigenvalue weighted by atomic mass is 10.1. The number of nitrogens with one attached hydrogen (secondary N) is 1. The first-order valence-electron chi connectivity index (χ1n) is 8.88. The topological polar surface area (TPSA) is 117 Å². The van der Waals surface area contributed by atoms with Crippen molar-refractivity contribution < 1.29 is 19.6 Å². The predicted octanol–water partition coefficient (Wildman–Crippen LogP) is 2.44. The van der Waals surface area contributed by atoms with Gasteiger partial charge in [0.05, 0.1) is 10.6 Å². The molecule has 0 bridgehead atoms. The average Bonchev–Trinajstić information content (AvgIpc) is 3.09. The van der Waals surface area contributed by atoms with Gasteiger partial charge in [0.2, 0.25) is 0 Å². The lowest BCUT2D eigenvalue weighted by Gasteiger charge is -2.15. The van der Waals surface area contributed by atoms with Gasteiger partial charge in [0, 0.05) is 34.9 Å². The van der Waals surface area contributed by atoms with E-state index in [4.69, 9.17) is 0 Å². The van der Waals surface area contributed by atoms with E-state index in [0.29, 0.717) is 11.4 Å². The number of hydrogen-bond acceptors (Lipinski definition) is 5. The van der Waals surface area contributed by atoms with Crippen LogP contribution >= 0.6 is 0 Å². The third-order valence-corrected chi connectivity index (χ3v) is 4.45. The van der Waals surface area contributed by atoms with Crippen molar-refractivity contribution >= 4 is 17.6 Å². The molecule has 3 rings (SSSR count). The quantitative estimate of drug-likeness (QED) is 0.489. The summed E-state index contributed by atoms with van der Waals surface area (Å²) in [5, 5.41) is 21.6. The smallest absolute Gasteiger partial charge is 0.270 e. The van der Waals surface area contributed by atoms with Crippen molar-refractivity contribution in [2.45, 2.75) is 19.8 Å². The highest BCUT2D eigenvalue weighted by molar-refractivity contribution is 6.00. The minimum Gasteiger partial charge on any atom is -0.550 e. The number of nitrogens with zero attached hydrogens (tertiary/aromatic N) is 2. The molecule has 0 aliphatic carbocycles. The van der Waals surface area contributed by atoms with Gasteiger partial charge < -0.3 is 9.90 Å². The van der Waals surface area contributed by atoms with E-state index in [9.17, 15) is 24.8 Å². The summed E-state index contributed by atoms with van der Waals surface area (Å²) < 4.78 is 1.54. The van der Waals surface area contributed by atoms with Gasteiger partial charge in [0.1, 0.15) is 0 Å². The standard InChI is InChI=1S/C21H19N3O5/c1-14-2-4-15(5-3-14)19-12-10-17(11-13-20(25)26)23(19)22-21(27)16-6-8-18(9-7-16)24(28)29/h2-10,12H,11,13H2,1H3,(H,22,27)(H,25,26)/p-1. The lowest BCUT2D eigenvalue weighted by molar-refractivity contribution is -0.384. The van der Waals surface area contributed by atoms with Crippen LogP contribution in [0.4, 0.5) is 5.69 Å². The number of benzene rings is 2. The number of carbonyl (C=O) groups excluding carboxylic acids is 2. The van der Waals surface area contributed by atoms with E-state index in [1.165, 1.54) is 28.9 Å². The second kappa shape index (κ2) is 8.39. The minimum absolute atomic E-state index is 0.113. The summed E-state index contributed by atoms with van der Waals surface area (Å²) in [6.07, 6.45) is -0.0144. The van der Waals surface area contributed by atoms with Crippen LogP contribution in [-0.4, -0.2) is 21.5 Å². The van der Waals surface area contributed by atoms with E-state index in [0.717, 1.165) is 11.1 Å². The molecule has 0 fully saturated rings. The molecular weight excluding hydrogens is 374 g/mol. The van der Waals surface area contributed by atoms with Crippen LogP contribution in [0.15, 0.2) is 60.7 Å². The molecular formula is C21H18N3O5-. The molecule has 0 unspecified atom stereocenters. The number of aryl methyl sites for hydroxylation is 2. The van der Waals surface area contributed by atoms with Crippen molar-refractivity contribution in [3.63, 3.8) is 0 Å². The zero-order chi connectivity index (χ0) is 21.0. The van der Waals surface area contributed by atoms with Crippen molar-refractivity contribution in [3.05, 3.63) is 87.6 Å². The summed E-state index contributed by atoms with van der Waals surface area (Å²) in [6.45, 7) is 1.96. The van der Waals surface area contributed by atoms with Crippen LogP contribution in [0.5, 0.6) is 0 Å². The van der Waals surface area contributed by atoms with Gasteiger partial charge in [-0.1, -0.05) is 29.8 Å².